The topological polar surface area (TPSA) is 95.9 Å². The maximum absolute atomic E-state index is 14.7. The Labute approximate surface area is 196 Å². The summed E-state index contributed by atoms with van der Waals surface area (Å²) in [5.41, 5.74) is -0.396. The van der Waals surface area contributed by atoms with Gasteiger partial charge in [0.2, 0.25) is 0 Å². The summed E-state index contributed by atoms with van der Waals surface area (Å²) in [6, 6.07) is 10.3. The Balaban J connectivity index is 1.95. The number of rotatable bonds is 0. The van der Waals surface area contributed by atoms with Crippen LogP contribution in [0, 0.1) is 11.6 Å². The van der Waals surface area contributed by atoms with Gasteiger partial charge in [0, 0.05) is 29.8 Å². The average Bonchev–Trinajstić information content (AvgIpc) is 2.76. The number of hydrogen-bond acceptors (Lipinski definition) is 5. The van der Waals surface area contributed by atoms with Gasteiger partial charge in [0.05, 0.1) is 16.7 Å². The summed E-state index contributed by atoms with van der Waals surface area (Å²) in [5, 5.41) is 10.3. The lowest BCUT2D eigenvalue weighted by atomic mass is 10.0. The minimum absolute atomic E-state index is 0.0295. The minimum atomic E-state index is -4.58. The number of carbonyl (C=O) groups is 1. The van der Waals surface area contributed by atoms with E-state index in [1.165, 1.54) is 18.0 Å². The van der Waals surface area contributed by atoms with Crippen molar-refractivity contribution < 1.29 is 31.8 Å². The van der Waals surface area contributed by atoms with Gasteiger partial charge in [-0.15, -0.1) is 0 Å². The lowest BCUT2D eigenvalue weighted by Crippen LogP contribution is -2.31. The Hall–Kier alpha value is -3.18. The molecule has 7 nitrogen and oxygen atoms in total. The van der Waals surface area contributed by atoms with E-state index in [1.54, 1.807) is 24.3 Å². The van der Waals surface area contributed by atoms with Crippen LogP contribution in [0.1, 0.15) is 10.4 Å². The van der Waals surface area contributed by atoms with Gasteiger partial charge in [0.25, 0.3) is 15.9 Å². The summed E-state index contributed by atoms with van der Waals surface area (Å²) in [4.78, 5) is 13.5. The molecule has 0 radical (unpaired) electrons. The molecule has 1 aliphatic heterocycles. The maximum atomic E-state index is 14.7. The van der Waals surface area contributed by atoms with Crippen LogP contribution >= 0.6 is 15.9 Å². The molecule has 172 valence electrons. The van der Waals surface area contributed by atoms with E-state index in [4.69, 9.17) is 4.74 Å². The van der Waals surface area contributed by atoms with E-state index in [2.05, 4.69) is 15.9 Å². The summed E-state index contributed by atoms with van der Waals surface area (Å²) in [7, 11) is -3.08. The van der Waals surface area contributed by atoms with Crippen LogP contribution in [0.2, 0.25) is 0 Å². The lowest BCUT2D eigenvalue weighted by Gasteiger charge is -2.19. The van der Waals surface area contributed by atoms with Gasteiger partial charge in [-0.1, -0.05) is 18.2 Å². The zero-order valence-electron chi connectivity index (χ0n) is 17.1. The van der Waals surface area contributed by atoms with Crippen molar-refractivity contribution in [1.29, 1.82) is 0 Å². The molecule has 0 spiro atoms. The first-order valence-electron chi connectivity index (χ1n) is 9.60. The second-order valence-electron chi connectivity index (χ2n) is 7.29. The molecule has 33 heavy (non-hydrogen) atoms. The summed E-state index contributed by atoms with van der Waals surface area (Å²) < 4.78 is 63.1. The third-order valence-electron chi connectivity index (χ3n) is 5.07. The third-order valence-corrected chi connectivity index (χ3v) is 7.06. The smallest absolute Gasteiger partial charge is 0.265 e. The van der Waals surface area contributed by atoms with Crippen molar-refractivity contribution in [3.05, 3.63) is 70.2 Å². The highest BCUT2D eigenvalue weighted by Crippen LogP contribution is 2.37. The summed E-state index contributed by atoms with van der Waals surface area (Å²) in [6.07, 6.45) is 0. The third kappa shape index (κ3) is 4.38. The molecular formula is C22H17BrF2N2O5S. The number of carbonyl (C=O) groups excluding carboxylic acids is 1. The van der Waals surface area contributed by atoms with Crippen LogP contribution in [0.4, 0.5) is 14.5 Å². The number of likely N-dealkylation sites (N-methyl/N-ethyl adjacent to an activating group) is 1. The lowest BCUT2D eigenvalue weighted by molar-refractivity contribution is 0.0773. The van der Waals surface area contributed by atoms with Crippen LogP contribution < -0.4 is 9.46 Å². The number of sulfonamides is 1. The van der Waals surface area contributed by atoms with Crippen LogP contribution in [0.5, 0.6) is 11.5 Å². The number of para-hydroxylation sites is 1. The zero-order chi connectivity index (χ0) is 23.9. The van der Waals surface area contributed by atoms with Gasteiger partial charge < -0.3 is 14.7 Å². The molecule has 1 heterocycles. The van der Waals surface area contributed by atoms with E-state index < -0.39 is 43.9 Å². The van der Waals surface area contributed by atoms with E-state index in [-0.39, 0.29) is 40.1 Å². The van der Waals surface area contributed by atoms with Crippen LogP contribution in [0.25, 0.3) is 11.1 Å². The van der Waals surface area contributed by atoms with Crippen LogP contribution in [0.15, 0.2) is 57.9 Å². The normalized spacial score (nSPS) is 15.5. The number of phenolic OH excluding ortho intramolecular Hbond substituents is 1. The number of nitrogens with one attached hydrogen (secondary N) is 1. The fourth-order valence-electron chi connectivity index (χ4n) is 3.36. The van der Waals surface area contributed by atoms with Crippen molar-refractivity contribution >= 4 is 37.5 Å². The number of ether oxygens (including phenoxy) is 1. The van der Waals surface area contributed by atoms with Crippen molar-refractivity contribution in [3.8, 4) is 22.6 Å². The predicted octanol–water partition coefficient (Wildman–Crippen LogP) is 4.37. The highest BCUT2D eigenvalue weighted by Gasteiger charge is 2.27. The number of benzene rings is 3. The molecule has 0 atom stereocenters. The predicted molar refractivity (Wildman–Crippen MR) is 121 cm³/mol. The number of phenols is 1. The molecule has 0 fully saturated rings. The first kappa shape index (κ1) is 23.0. The number of fused-ring (bicyclic) bond motifs is 6. The number of hydrogen-bond donors (Lipinski definition) is 2. The second-order valence-corrected chi connectivity index (χ2v) is 9.80. The minimum Gasteiger partial charge on any atom is -0.505 e. The molecule has 1 aliphatic rings. The number of aromatic hydroxyl groups is 1. The van der Waals surface area contributed by atoms with E-state index in [1.807, 2.05) is 4.72 Å². The second kappa shape index (κ2) is 8.64. The van der Waals surface area contributed by atoms with Crippen molar-refractivity contribution in [2.75, 3.05) is 24.9 Å². The van der Waals surface area contributed by atoms with Crippen molar-refractivity contribution in [2.45, 2.75) is 4.90 Å². The Morgan fingerprint density at radius 3 is 2.58 bits per heavy atom. The van der Waals surface area contributed by atoms with Gasteiger partial charge >= 0.3 is 0 Å². The molecule has 11 heteroatoms. The molecule has 0 saturated carbocycles. The van der Waals surface area contributed by atoms with Crippen molar-refractivity contribution in [2.24, 2.45) is 0 Å². The van der Waals surface area contributed by atoms with Gasteiger partial charge in [-0.25, -0.2) is 17.2 Å². The van der Waals surface area contributed by atoms with E-state index in [0.717, 1.165) is 12.1 Å². The number of anilines is 1. The first-order chi connectivity index (χ1) is 15.6. The molecule has 2 N–H and O–H groups in total. The zero-order valence-corrected chi connectivity index (χ0v) is 19.5. The van der Waals surface area contributed by atoms with Crippen LogP contribution in [-0.4, -0.2) is 44.5 Å². The molecule has 3 aromatic rings. The number of amides is 1. The average molecular weight is 539 g/mol. The fraction of sp³-hybridized carbons (Fsp3) is 0.136. The van der Waals surface area contributed by atoms with E-state index >= 15 is 0 Å². The Morgan fingerprint density at radius 1 is 1.09 bits per heavy atom. The molecule has 4 bridgehead atoms. The molecule has 0 aromatic heterocycles. The van der Waals surface area contributed by atoms with Crippen molar-refractivity contribution in [1.82, 2.24) is 4.90 Å². The molecule has 4 rings (SSSR count). The first-order valence-corrected chi connectivity index (χ1v) is 11.9. The molecule has 1 amide bonds. The number of nitrogens with zero attached hydrogens (tertiary/aromatic N) is 1. The molecule has 0 saturated heterocycles. The Kier molecular flexibility index (Phi) is 6.02. The molecule has 3 aromatic carbocycles. The van der Waals surface area contributed by atoms with Crippen LogP contribution in [-0.2, 0) is 10.0 Å². The van der Waals surface area contributed by atoms with E-state index in [9.17, 15) is 27.1 Å². The van der Waals surface area contributed by atoms with Crippen molar-refractivity contribution in [3.63, 3.8) is 0 Å². The van der Waals surface area contributed by atoms with E-state index in [0.29, 0.717) is 6.07 Å². The Morgan fingerprint density at radius 2 is 1.82 bits per heavy atom. The highest BCUT2D eigenvalue weighted by atomic mass is 79.9. The molecule has 0 aliphatic carbocycles. The quantitative estimate of drug-likeness (QED) is 0.443. The maximum Gasteiger partial charge on any atom is 0.265 e. The standard InChI is InChI=1S/C22H17BrF2N2O5S/c1-27-6-7-32-19-5-3-2-4-13(19)14-10-18(17(25)11-16(14)24)26-33(30,31)20-9-12(22(27)29)8-15(23)21(20)28/h2-5,8-11,26,28H,6-7H2,1H3. The van der Waals surface area contributed by atoms with Gasteiger partial charge in [-0.3, -0.25) is 9.52 Å². The molecule has 0 unspecified atom stereocenters. The van der Waals surface area contributed by atoms with Gasteiger partial charge in [0.15, 0.2) is 0 Å². The van der Waals surface area contributed by atoms with Crippen LogP contribution in [0.3, 0.4) is 0 Å². The van der Waals surface area contributed by atoms with Gasteiger partial charge in [-0.2, -0.15) is 0 Å². The molecular weight excluding hydrogens is 522 g/mol. The number of halogens is 3. The highest BCUT2D eigenvalue weighted by molar-refractivity contribution is 9.10. The van der Waals surface area contributed by atoms with Gasteiger partial charge in [0.1, 0.15) is 34.6 Å². The fourth-order valence-corrected chi connectivity index (χ4v) is 5.16. The summed E-state index contributed by atoms with van der Waals surface area (Å²) in [5.74, 6) is -3.00. The largest absolute Gasteiger partial charge is 0.505 e. The monoisotopic (exact) mass is 538 g/mol. The summed E-state index contributed by atoms with van der Waals surface area (Å²) >= 11 is 3.05. The Bertz CT molecular complexity index is 1380. The van der Waals surface area contributed by atoms with Gasteiger partial charge in [-0.05, 0) is 40.2 Å². The SMILES string of the molecule is CN1CCOc2ccccc2-c2cc(c(F)cc2F)NS(=O)(=O)c2cc(cc(Br)c2O)C1=O. The summed E-state index contributed by atoms with van der Waals surface area (Å²) in [6.45, 7) is 0.181.